The van der Waals surface area contributed by atoms with Crippen molar-refractivity contribution in [1.29, 1.82) is 0 Å². The van der Waals surface area contributed by atoms with Crippen LogP contribution in [0.2, 0.25) is 0 Å². The first-order valence-electron chi connectivity index (χ1n) is 12.4. The maximum atomic E-state index is 11.7. The minimum absolute atomic E-state index is 0.0644. The van der Waals surface area contributed by atoms with Crippen molar-refractivity contribution in [2.24, 2.45) is 0 Å². The van der Waals surface area contributed by atoms with Gasteiger partial charge in [-0.2, -0.15) is 0 Å². The molecule has 8 heteroatoms. The molecule has 0 bridgehead atoms. The predicted octanol–water partition coefficient (Wildman–Crippen LogP) is 4.15. The first kappa shape index (κ1) is 25.0. The summed E-state index contributed by atoms with van der Waals surface area (Å²) >= 11 is 0. The lowest BCUT2D eigenvalue weighted by atomic mass is 9.77. The van der Waals surface area contributed by atoms with E-state index in [2.05, 4.69) is 0 Å². The van der Waals surface area contributed by atoms with Crippen LogP contribution in [0.3, 0.4) is 0 Å². The standard InChI is InChI=1S/C29H32O8/c1-33-24-14-17(36-10-4-9-30)13-21-18-7-8-23-27(20(18)6-5-19(21)24)28(31)22(15-37-23)16-11-25(34-2)29(32)26(12-16)35-3/h7-8,11-14,22,28,30-32H,4-6,9-10,15H2,1-3H3/t22-,28-/m0/s1. The van der Waals surface area contributed by atoms with Gasteiger partial charge in [-0.1, -0.05) is 6.07 Å². The van der Waals surface area contributed by atoms with Gasteiger partial charge in [0, 0.05) is 36.1 Å². The zero-order valence-electron chi connectivity index (χ0n) is 21.2. The Morgan fingerprint density at radius 3 is 2.27 bits per heavy atom. The molecule has 0 saturated carbocycles. The van der Waals surface area contributed by atoms with E-state index in [9.17, 15) is 10.2 Å². The molecule has 2 aliphatic rings. The number of aliphatic hydroxyl groups is 2. The lowest BCUT2D eigenvalue weighted by Crippen LogP contribution is -2.26. The SMILES string of the molecule is COc1cc([C@@H]2COc3ccc4c(c3[C@H]2O)CCc2c(OC)cc(OCCCO)cc2-4)cc(OC)c1O. The summed E-state index contributed by atoms with van der Waals surface area (Å²) in [6, 6.07) is 11.3. The third kappa shape index (κ3) is 4.40. The van der Waals surface area contributed by atoms with Gasteiger partial charge in [0.2, 0.25) is 5.75 Å². The van der Waals surface area contributed by atoms with Crippen LogP contribution in [0.1, 0.15) is 40.7 Å². The molecule has 0 fully saturated rings. The Hall–Kier alpha value is -3.62. The van der Waals surface area contributed by atoms with Gasteiger partial charge < -0.3 is 39.0 Å². The average Bonchev–Trinajstić information content (AvgIpc) is 2.92. The first-order chi connectivity index (χ1) is 18.0. The zero-order valence-corrected chi connectivity index (χ0v) is 21.2. The van der Waals surface area contributed by atoms with Crippen molar-refractivity contribution in [3.8, 4) is 45.6 Å². The molecule has 8 nitrogen and oxygen atoms in total. The number of hydrogen-bond acceptors (Lipinski definition) is 8. The minimum atomic E-state index is -0.829. The second kappa shape index (κ2) is 10.4. The molecule has 2 atom stereocenters. The predicted molar refractivity (Wildman–Crippen MR) is 137 cm³/mol. The molecule has 1 aliphatic carbocycles. The van der Waals surface area contributed by atoms with E-state index in [0.717, 1.165) is 52.0 Å². The van der Waals surface area contributed by atoms with Gasteiger partial charge in [-0.25, -0.2) is 0 Å². The smallest absolute Gasteiger partial charge is 0.200 e. The Morgan fingerprint density at radius 1 is 0.892 bits per heavy atom. The summed E-state index contributed by atoms with van der Waals surface area (Å²) in [5, 5.41) is 31.1. The summed E-state index contributed by atoms with van der Waals surface area (Å²) < 4.78 is 28.4. The molecule has 0 radical (unpaired) electrons. The molecule has 0 aromatic heterocycles. The number of fused-ring (bicyclic) bond motifs is 5. The molecule has 0 unspecified atom stereocenters. The number of rotatable bonds is 8. The highest BCUT2D eigenvalue weighted by atomic mass is 16.5. The van der Waals surface area contributed by atoms with Crippen molar-refractivity contribution < 1.29 is 39.0 Å². The van der Waals surface area contributed by atoms with Crippen LogP contribution in [0.15, 0.2) is 36.4 Å². The Kier molecular flexibility index (Phi) is 7.04. The van der Waals surface area contributed by atoms with Gasteiger partial charge in [-0.15, -0.1) is 0 Å². The van der Waals surface area contributed by atoms with Gasteiger partial charge >= 0.3 is 0 Å². The summed E-state index contributed by atoms with van der Waals surface area (Å²) in [4.78, 5) is 0. The summed E-state index contributed by atoms with van der Waals surface area (Å²) in [6.45, 7) is 0.745. The van der Waals surface area contributed by atoms with E-state index >= 15 is 0 Å². The Labute approximate surface area is 215 Å². The molecule has 0 spiro atoms. The molecule has 3 aromatic rings. The topological polar surface area (TPSA) is 107 Å². The van der Waals surface area contributed by atoms with Crippen LogP contribution < -0.4 is 23.7 Å². The number of ether oxygens (including phenoxy) is 5. The molecule has 1 aliphatic heterocycles. The summed E-state index contributed by atoms with van der Waals surface area (Å²) in [5.74, 6) is 2.19. The highest BCUT2D eigenvalue weighted by molar-refractivity contribution is 5.79. The Bertz CT molecular complexity index is 1280. The lowest BCUT2D eigenvalue weighted by molar-refractivity contribution is 0.0878. The largest absolute Gasteiger partial charge is 0.502 e. The van der Waals surface area contributed by atoms with Gasteiger partial charge in [0.15, 0.2) is 11.5 Å². The fraction of sp³-hybridized carbons (Fsp3) is 0.379. The monoisotopic (exact) mass is 508 g/mol. The van der Waals surface area contributed by atoms with Crippen molar-refractivity contribution in [2.75, 3.05) is 41.2 Å². The maximum absolute atomic E-state index is 11.7. The fourth-order valence-corrected chi connectivity index (χ4v) is 5.38. The van der Waals surface area contributed by atoms with E-state index in [0.29, 0.717) is 24.5 Å². The molecule has 0 saturated heterocycles. The number of benzene rings is 3. The van der Waals surface area contributed by atoms with E-state index in [1.54, 1.807) is 19.2 Å². The van der Waals surface area contributed by atoms with Crippen LogP contribution in [0.4, 0.5) is 0 Å². The van der Waals surface area contributed by atoms with Crippen LogP contribution in [-0.2, 0) is 12.8 Å². The van der Waals surface area contributed by atoms with Gasteiger partial charge in [0.25, 0.3) is 0 Å². The van der Waals surface area contributed by atoms with Crippen molar-refractivity contribution in [1.82, 2.24) is 0 Å². The van der Waals surface area contributed by atoms with Crippen molar-refractivity contribution >= 4 is 0 Å². The van der Waals surface area contributed by atoms with Gasteiger partial charge in [0.05, 0.1) is 40.6 Å². The third-order valence-corrected chi connectivity index (χ3v) is 7.23. The Balaban J connectivity index is 1.57. The lowest BCUT2D eigenvalue weighted by Gasteiger charge is -2.35. The van der Waals surface area contributed by atoms with E-state index in [1.165, 1.54) is 14.2 Å². The fourth-order valence-electron chi connectivity index (χ4n) is 5.38. The third-order valence-electron chi connectivity index (χ3n) is 7.23. The zero-order chi connectivity index (χ0) is 26.1. The van der Waals surface area contributed by atoms with Crippen LogP contribution >= 0.6 is 0 Å². The molecule has 3 N–H and O–H groups in total. The van der Waals surface area contributed by atoms with Crippen LogP contribution in [0.25, 0.3) is 11.1 Å². The number of phenolic OH excluding ortho intramolecular Hbond substituents is 1. The molecule has 37 heavy (non-hydrogen) atoms. The normalized spacial score (nSPS) is 17.6. The minimum Gasteiger partial charge on any atom is -0.502 e. The quantitative estimate of drug-likeness (QED) is 0.390. The summed E-state index contributed by atoms with van der Waals surface area (Å²) in [7, 11) is 4.61. The highest BCUT2D eigenvalue weighted by Gasteiger charge is 2.36. The average molecular weight is 509 g/mol. The summed E-state index contributed by atoms with van der Waals surface area (Å²) in [6.07, 6.45) is 1.19. The van der Waals surface area contributed by atoms with Crippen molar-refractivity contribution in [3.05, 3.63) is 58.7 Å². The second-order valence-electron chi connectivity index (χ2n) is 9.22. The van der Waals surface area contributed by atoms with E-state index in [-0.39, 0.29) is 36.4 Å². The molecule has 3 aromatic carbocycles. The summed E-state index contributed by atoms with van der Waals surface area (Å²) in [5.41, 5.74) is 5.67. The number of aliphatic hydroxyl groups excluding tert-OH is 2. The second-order valence-corrected chi connectivity index (χ2v) is 9.22. The molecule has 5 rings (SSSR count). The Morgan fingerprint density at radius 2 is 1.59 bits per heavy atom. The molecule has 196 valence electrons. The van der Waals surface area contributed by atoms with Crippen molar-refractivity contribution in [2.45, 2.75) is 31.3 Å². The van der Waals surface area contributed by atoms with Gasteiger partial charge in [0.1, 0.15) is 17.2 Å². The maximum Gasteiger partial charge on any atom is 0.200 e. The number of hydrogen-bond donors (Lipinski definition) is 3. The molecular weight excluding hydrogens is 476 g/mol. The van der Waals surface area contributed by atoms with Crippen LogP contribution in [-0.4, -0.2) is 56.5 Å². The van der Waals surface area contributed by atoms with E-state index in [4.69, 9.17) is 28.8 Å². The number of methoxy groups -OCH3 is 3. The van der Waals surface area contributed by atoms with Gasteiger partial charge in [-0.05, 0) is 59.4 Å². The van der Waals surface area contributed by atoms with Crippen molar-refractivity contribution in [3.63, 3.8) is 0 Å². The highest BCUT2D eigenvalue weighted by Crippen LogP contribution is 2.50. The molecule has 0 amide bonds. The molecular formula is C29H32O8. The van der Waals surface area contributed by atoms with Crippen LogP contribution in [0, 0.1) is 0 Å². The number of phenols is 1. The molecule has 1 heterocycles. The van der Waals surface area contributed by atoms with E-state index < -0.39 is 6.10 Å². The van der Waals surface area contributed by atoms with E-state index in [1.807, 2.05) is 24.3 Å². The number of aromatic hydroxyl groups is 1. The van der Waals surface area contributed by atoms with Gasteiger partial charge in [-0.3, -0.25) is 0 Å². The first-order valence-corrected chi connectivity index (χ1v) is 12.4. The van der Waals surface area contributed by atoms with Crippen LogP contribution in [0.5, 0.6) is 34.5 Å².